The molecule has 10 aromatic rings. The van der Waals surface area contributed by atoms with Crippen LogP contribution in [0.5, 0.6) is 0 Å². The predicted molar refractivity (Wildman–Crippen MR) is 203 cm³/mol. The molecule has 7 aromatic carbocycles. The van der Waals surface area contributed by atoms with Gasteiger partial charge < -0.3 is 8.98 Å². The smallest absolute Gasteiger partial charge is 0.164 e. The largest absolute Gasteiger partial charge is 0.456 e. The highest BCUT2D eigenvalue weighted by Gasteiger charge is 2.19. The van der Waals surface area contributed by atoms with Crippen LogP contribution >= 0.6 is 0 Å². The van der Waals surface area contributed by atoms with Crippen LogP contribution in [-0.4, -0.2) is 19.5 Å². The van der Waals surface area contributed by atoms with Crippen LogP contribution in [0.4, 0.5) is 0 Å². The van der Waals surface area contributed by atoms with Crippen molar-refractivity contribution >= 4 is 43.7 Å². The van der Waals surface area contributed by atoms with Gasteiger partial charge in [-0.25, -0.2) is 15.0 Å². The van der Waals surface area contributed by atoms with Gasteiger partial charge in [0.05, 0.1) is 24.7 Å². The lowest BCUT2D eigenvalue weighted by atomic mass is 10.00. The average molecular weight is 651 g/mol. The summed E-state index contributed by atoms with van der Waals surface area (Å²) in [5.41, 5.74) is 5.91. The zero-order valence-electron chi connectivity index (χ0n) is 36.1. The van der Waals surface area contributed by atoms with E-state index in [-0.39, 0.29) is 28.6 Å². The molecule has 0 saturated carbocycles. The molecule has 50 heavy (non-hydrogen) atoms. The van der Waals surface area contributed by atoms with E-state index < -0.39 is 60.4 Å². The molecule has 3 heterocycles. The van der Waals surface area contributed by atoms with Gasteiger partial charge in [0.15, 0.2) is 17.5 Å². The maximum atomic E-state index is 8.69. The van der Waals surface area contributed by atoms with Gasteiger partial charge in [-0.15, -0.1) is 0 Å². The second-order valence-corrected chi connectivity index (χ2v) is 11.7. The van der Waals surface area contributed by atoms with E-state index in [9.17, 15) is 0 Å². The van der Waals surface area contributed by atoms with Crippen molar-refractivity contribution in [2.24, 2.45) is 0 Å². The number of aromatic nitrogens is 4. The highest BCUT2D eigenvalue weighted by atomic mass is 16.3. The number of fused-ring (bicyclic) bond motifs is 6. The standard InChI is InChI=1S/C45H28N4O/c1-4-13-29(14-5-1)43-46-44(30-15-6-2-7-16-30)48-45(47-43)36-20-12-22-40-42(36)35-25-23-32(28-41(35)50-40)31-24-26-39-37(27-31)34-19-10-11-21-38(34)49(39)33-17-8-3-9-18-33/h1-28H/i1D,2D,4D,5D,6D,7D,13D,14D,15D,16D. The number of furan rings is 1. The number of hydrogen-bond acceptors (Lipinski definition) is 4. The van der Waals surface area contributed by atoms with E-state index in [1.165, 1.54) is 0 Å². The van der Waals surface area contributed by atoms with Gasteiger partial charge in [-0.3, -0.25) is 0 Å². The van der Waals surface area contributed by atoms with Crippen molar-refractivity contribution in [3.05, 3.63) is 170 Å². The highest BCUT2D eigenvalue weighted by Crippen LogP contribution is 2.40. The average Bonchev–Trinajstić information content (AvgIpc) is 3.82. The fourth-order valence-corrected chi connectivity index (χ4v) is 6.64. The third-order valence-electron chi connectivity index (χ3n) is 8.84. The molecule has 234 valence electrons. The second kappa shape index (κ2) is 11.4. The van der Waals surface area contributed by atoms with Gasteiger partial charge in [-0.05, 0) is 59.7 Å². The number of nitrogens with zero attached hydrogens (tertiary/aromatic N) is 4. The summed E-state index contributed by atoms with van der Waals surface area (Å²) in [6, 6.07) is 30.1. The summed E-state index contributed by atoms with van der Waals surface area (Å²) in [5, 5.41) is 3.53. The topological polar surface area (TPSA) is 56.7 Å². The third-order valence-corrected chi connectivity index (χ3v) is 8.84. The van der Waals surface area contributed by atoms with E-state index in [1.54, 1.807) is 18.2 Å². The Morgan fingerprint density at radius 1 is 0.460 bits per heavy atom. The minimum Gasteiger partial charge on any atom is -0.456 e. The Morgan fingerprint density at radius 2 is 1.10 bits per heavy atom. The summed E-state index contributed by atoms with van der Waals surface area (Å²) in [7, 11) is 0. The monoisotopic (exact) mass is 650 g/mol. The first kappa shape index (κ1) is 19.8. The van der Waals surface area contributed by atoms with Crippen molar-refractivity contribution in [1.82, 2.24) is 19.5 Å². The molecule has 0 unspecified atom stereocenters. The number of rotatable bonds is 5. The summed E-state index contributed by atoms with van der Waals surface area (Å²) in [6.45, 7) is 0. The predicted octanol–water partition coefficient (Wildman–Crippen LogP) is 11.5. The Balaban J connectivity index is 1.17. The maximum absolute atomic E-state index is 8.69. The van der Waals surface area contributed by atoms with Gasteiger partial charge in [-0.1, -0.05) is 121 Å². The van der Waals surface area contributed by atoms with Crippen LogP contribution in [-0.2, 0) is 0 Å². The molecule has 0 amide bonds. The lowest BCUT2D eigenvalue weighted by molar-refractivity contribution is 0.669. The van der Waals surface area contributed by atoms with Crippen LogP contribution in [0.15, 0.2) is 174 Å². The number of hydrogen-bond donors (Lipinski definition) is 0. The highest BCUT2D eigenvalue weighted by molar-refractivity contribution is 6.13. The van der Waals surface area contributed by atoms with Crippen LogP contribution < -0.4 is 0 Å². The molecule has 5 nitrogen and oxygen atoms in total. The molecule has 0 aliphatic carbocycles. The fraction of sp³-hybridized carbons (Fsp3) is 0. The molecule has 0 saturated heterocycles. The van der Waals surface area contributed by atoms with Crippen molar-refractivity contribution in [1.29, 1.82) is 0 Å². The molecular weight excluding hydrogens is 613 g/mol. The van der Waals surface area contributed by atoms with Gasteiger partial charge in [0.25, 0.3) is 0 Å². The van der Waals surface area contributed by atoms with E-state index in [1.807, 2.05) is 48.5 Å². The van der Waals surface area contributed by atoms with E-state index in [0.29, 0.717) is 27.5 Å². The van der Waals surface area contributed by atoms with Crippen molar-refractivity contribution in [2.75, 3.05) is 0 Å². The summed E-state index contributed by atoms with van der Waals surface area (Å²) in [4.78, 5) is 13.7. The molecule has 0 aliphatic heterocycles. The molecule has 0 radical (unpaired) electrons. The quantitative estimate of drug-likeness (QED) is 0.186. The second-order valence-electron chi connectivity index (χ2n) is 11.7. The first-order valence-electron chi connectivity index (χ1n) is 20.9. The van der Waals surface area contributed by atoms with Crippen LogP contribution in [0, 0.1) is 0 Å². The lowest BCUT2D eigenvalue weighted by Crippen LogP contribution is -2.00. The van der Waals surface area contributed by atoms with E-state index in [0.717, 1.165) is 38.6 Å². The van der Waals surface area contributed by atoms with Gasteiger partial charge in [0, 0.05) is 43.9 Å². The minimum atomic E-state index is -0.614. The molecular formula is C45H28N4O. The lowest BCUT2D eigenvalue weighted by Gasteiger charge is -2.09. The Labute approximate surface area is 301 Å². The zero-order chi connectivity index (χ0) is 41.7. The summed E-state index contributed by atoms with van der Waals surface area (Å²) in [6.07, 6.45) is 0. The SMILES string of the molecule is [2H]c1c([2H])c([2H])c(-c2nc(-c3c([2H])c([2H])c([2H])c([2H])c3[2H])nc(-c3cccc4oc5cc(-c6ccc7c(c6)c6ccccc6n7-c6ccccc6)ccc5c34)n2)c([2H])c1[2H]. The fourth-order valence-electron chi connectivity index (χ4n) is 6.64. The van der Waals surface area contributed by atoms with E-state index >= 15 is 0 Å². The van der Waals surface area contributed by atoms with E-state index in [4.69, 9.17) is 18.1 Å². The van der Waals surface area contributed by atoms with Crippen LogP contribution in [0.2, 0.25) is 0 Å². The normalized spacial score (nSPS) is 14.4. The zero-order valence-corrected chi connectivity index (χ0v) is 26.1. The summed E-state index contributed by atoms with van der Waals surface area (Å²) < 4.78 is 93.0. The number of para-hydroxylation sites is 2. The van der Waals surface area contributed by atoms with Gasteiger partial charge >= 0.3 is 0 Å². The van der Waals surface area contributed by atoms with Crippen molar-refractivity contribution in [2.45, 2.75) is 0 Å². The van der Waals surface area contributed by atoms with Gasteiger partial charge in [0.1, 0.15) is 11.2 Å². The van der Waals surface area contributed by atoms with Crippen molar-refractivity contribution in [3.63, 3.8) is 0 Å². The molecule has 3 aromatic heterocycles. The molecule has 0 N–H and O–H groups in total. The van der Waals surface area contributed by atoms with Crippen molar-refractivity contribution < 1.29 is 18.1 Å². The van der Waals surface area contributed by atoms with Crippen molar-refractivity contribution in [3.8, 4) is 51.0 Å². The Kier molecular flexibility index (Phi) is 4.52. The molecule has 5 heteroatoms. The molecule has 0 aliphatic rings. The van der Waals surface area contributed by atoms with Gasteiger partial charge in [0.2, 0.25) is 0 Å². The van der Waals surface area contributed by atoms with Crippen LogP contribution in [0.25, 0.3) is 94.7 Å². The Hall–Kier alpha value is -6.85. The maximum Gasteiger partial charge on any atom is 0.164 e. The summed E-state index contributed by atoms with van der Waals surface area (Å²) >= 11 is 0. The third kappa shape index (κ3) is 4.60. The first-order valence-corrected chi connectivity index (χ1v) is 15.9. The summed E-state index contributed by atoms with van der Waals surface area (Å²) in [5.74, 6) is -0.712. The Morgan fingerprint density at radius 3 is 1.86 bits per heavy atom. The van der Waals surface area contributed by atoms with Gasteiger partial charge in [-0.2, -0.15) is 0 Å². The number of benzene rings is 7. The molecule has 10 rings (SSSR count). The first-order chi connectivity index (χ1) is 28.9. The molecule has 0 fully saturated rings. The van der Waals surface area contributed by atoms with Crippen LogP contribution in [0.3, 0.4) is 0 Å². The molecule has 0 bridgehead atoms. The Bertz CT molecular complexity index is 3310. The minimum absolute atomic E-state index is 0.0359. The van der Waals surface area contributed by atoms with Crippen LogP contribution in [0.1, 0.15) is 13.7 Å². The van der Waals surface area contributed by atoms with E-state index in [2.05, 4.69) is 62.0 Å². The molecule has 0 spiro atoms. The molecule has 0 atom stereocenters.